The van der Waals surface area contributed by atoms with Crippen LogP contribution >= 0.6 is 27.5 Å². The van der Waals surface area contributed by atoms with E-state index in [1.807, 2.05) is 25.1 Å². The van der Waals surface area contributed by atoms with Crippen LogP contribution in [0, 0.1) is 6.92 Å². The van der Waals surface area contributed by atoms with E-state index >= 15 is 0 Å². The van der Waals surface area contributed by atoms with Gasteiger partial charge in [-0.25, -0.2) is 5.43 Å². The fourth-order valence-corrected chi connectivity index (χ4v) is 2.28. The Morgan fingerprint density at radius 1 is 1.32 bits per heavy atom. The highest BCUT2D eigenvalue weighted by Crippen LogP contribution is 2.21. The number of rotatable bonds is 5. The molecule has 4 nitrogen and oxygen atoms in total. The molecule has 0 bridgehead atoms. The monoisotopic (exact) mass is 380 g/mol. The molecular weight excluding hydrogens is 368 g/mol. The highest BCUT2D eigenvalue weighted by atomic mass is 79.9. The number of hydrazone groups is 1. The number of ether oxygens (including phenoxy) is 1. The molecule has 0 aliphatic heterocycles. The largest absolute Gasteiger partial charge is 0.483 e. The minimum atomic E-state index is -0.326. The number of nitrogens with one attached hydrogen (secondary N) is 1. The molecule has 0 atom stereocenters. The van der Waals surface area contributed by atoms with Crippen LogP contribution in [0.15, 0.2) is 52.0 Å². The van der Waals surface area contributed by atoms with E-state index in [-0.39, 0.29) is 12.5 Å². The maximum Gasteiger partial charge on any atom is 0.277 e. The predicted octanol–water partition coefficient (Wildman–Crippen LogP) is 3.94. The molecule has 1 N–H and O–H groups in total. The standard InChI is InChI=1S/C16H14BrClN2O2/c1-11-8-13(17)4-7-15(11)22-10-16(21)20-19-9-12-2-5-14(18)6-3-12/h2-9H,10H2,1H3,(H,20,21). The third-order valence-electron chi connectivity index (χ3n) is 2.77. The van der Waals surface area contributed by atoms with Gasteiger partial charge in [0.05, 0.1) is 6.21 Å². The van der Waals surface area contributed by atoms with Crippen LogP contribution in [0.4, 0.5) is 0 Å². The van der Waals surface area contributed by atoms with E-state index in [4.69, 9.17) is 16.3 Å². The first-order valence-electron chi connectivity index (χ1n) is 6.51. The summed E-state index contributed by atoms with van der Waals surface area (Å²) < 4.78 is 6.41. The number of amides is 1. The van der Waals surface area contributed by atoms with Crippen LogP contribution in [0.3, 0.4) is 0 Å². The molecule has 0 fully saturated rings. The molecule has 0 saturated carbocycles. The lowest BCUT2D eigenvalue weighted by molar-refractivity contribution is -0.123. The Hall–Kier alpha value is -1.85. The van der Waals surface area contributed by atoms with Gasteiger partial charge in [0.1, 0.15) is 5.75 Å². The van der Waals surface area contributed by atoms with Gasteiger partial charge in [-0.2, -0.15) is 5.10 Å². The van der Waals surface area contributed by atoms with Crippen molar-refractivity contribution in [3.63, 3.8) is 0 Å². The molecule has 2 rings (SSSR count). The Bertz CT molecular complexity index is 687. The maximum absolute atomic E-state index is 11.7. The zero-order valence-electron chi connectivity index (χ0n) is 11.8. The first kappa shape index (κ1) is 16.5. The van der Waals surface area contributed by atoms with Crippen LogP contribution in [0.1, 0.15) is 11.1 Å². The topological polar surface area (TPSA) is 50.7 Å². The SMILES string of the molecule is Cc1cc(Br)ccc1OCC(=O)NN=Cc1ccc(Cl)cc1. The van der Waals surface area contributed by atoms with Gasteiger partial charge in [-0.3, -0.25) is 4.79 Å². The van der Waals surface area contributed by atoms with E-state index in [2.05, 4.69) is 26.5 Å². The number of carbonyl (C=O) groups excluding carboxylic acids is 1. The molecule has 0 saturated heterocycles. The molecule has 0 aliphatic carbocycles. The van der Waals surface area contributed by atoms with Crippen LogP contribution in [0.5, 0.6) is 5.75 Å². The number of nitrogens with zero attached hydrogens (tertiary/aromatic N) is 1. The van der Waals surface area contributed by atoms with Gasteiger partial charge in [0.25, 0.3) is 5.91 Å². The van der Waals surface area contributed by atoms with Crippen molar-refractivity contribution in [3.05, 3.63) is 63.1 Å². The molecular formula is C16H14BrClN2O2. The average Bonchev–Trinajstić information content (AvgIpc) is 2.48. The van der Waals surface area contributed by atoms with Crippen molar-refractivity contribution in [2.75, 3.05) is 6.61 Å². The summed E-state index contributed by atoms with van der Waals surface area (Å²) in [5.41, 5.74) is 4.20. The van der Waals surface area contributed by atoms with Gasteiger partial charge in [-0.05, 0) is 48.4 Å². The Morgan fingerprint density at radius 2 is 2.05 bits per heavy atom. The summed E-state index contributed by atoms with van der Waals surface area (Å²) in [5, 5.41) is 4.52. The number of carbonyl (C=O) groups is 1. The van der Waals surface area contributed by atoms with Crippen LogP contribution in [0.25, 0.3) is 0 Å². The van der Waals surface area contributed by atoms with Crippen molar-refractivity contribution in [3.8, 4) is 5.75 Å². The molecule has 0 spiro atoms. The molecule has 2 aromatic rings. The number of halogens is 2. The summed E-state index contributed by atoms with van der Waals surface area (Å²) in [4.78, 5) is 11.7. The average molecular weight is 382 g/mol. The minimum Gasteiger partial charge on any atom is -0.483 e. The van der Waals surface area contributed by atoms with Crippen LogP contribution in [-0.2, 0) is 4.79 Å². The Morgan fingerprint density at radius 3 is 2.73 bits per heavy atom. The number of aryl methyl sites for hydroxylation is 1. The zero-order valence-corrected chi connectivity index (χ0v) is 14.2. The highest BCUT2D eigenvalue weighted by Gasteiger charge is 2.04. The lowest BCUT2D eigenvalue weighted by Gasteiger charge is -2.08. The summed E-state index contributed by atoms with van der Waals surface area (Å²) in [6.07, 6.45) is 1.54. The highest BCUT2D eigenvalue weighted by molar-refractivity contribution is 9.10. The molecule has 22 heavy (non-hydrogen) atoms. The van der Waals surface area contributed by atoms with Gasteiger partial charge in [0.2, 0.25) is 0 Å². The van der Waals surface area contributed by atoms with Crippen molar-refractivity contribution >= 4 is 39.7 Å². The van der Waals surface area contributed by atoms with E-state index in [0.29, 0.717) is 10.8 Å². The minimum absolute atomic E-state index is 0.0968. The van der Waals surface area contributed by atoms with Gasteiger partial charge in [-0.15, -0.1) is 0 Å². The normalized spacial score (nSPS) is 10.7. The second-order valence-electron chi connectivity index (χ2n) is 4.54. The molecule has 0 aromatic heterocycles. The summed E-state index contributed by atoms with van der Waals surface area (Å²) in [7, 11) is 0. The molecule has 0 heterocycles. The Labute approximate surface area is 142 Å². The van der Waals surface area contributed by atoms with Crippen molar-refractivity contribution < 1.29 is 9.53 Å². The van der Waals surface area contributed by atoms with Gasteiger partial charge in [0.15, 0.2) is 6.61 Å². The van der Waals surface area contributed by atoms with Crippen molar-refractivity contribution in [1.82, 2.24) is 5.43 Å². The summed E-state index contributed by atoms with van der Waals surface area (Å²) in [6.45, 7) is 1.82. The maximum atomic E-state index is 11.7. The van der Waals surface area contributed by atoms with E-state index in [9.17, 15) is 4.79 Å². The fourth-order valence-electron chi connectivity index (χ4n) is 1.68. The lowest BCUT2D eigenvalue weighted by atomic mass is 10.2. The van der Waals surface area contributed by atoms with Gasteiger partial charge < -0.3 is 4.74 Å². The van der Waals surface area contributed by atoms with E-state index in [1.54, 1.807) is 30.5 Å². The van der Waals surface area contributed by atoms with Gasteiger partial charge in [0, 0.05) is 9.50 Å². The second-order valence-corrected chi connectivity index (χ2v) is 5.90. The number of hydrogen-bond acceptors (Lipinski definition) is 3. The number of hydrogen-bond donors (Lipinski definition) is 1. The smallest absolute Gasteiger partial charge is 0.277 e. The van der Waals surface area contributed by atoms with E-state index < -0.39 is 0 Å². The molecule has 0 radical (unpaired) electrons. The first-order chi connectivity index (χ1) is 10.5. The molecule has 6 heteroatoms. The summed E-state index contributed by atoms with van der Waals surface area (Å²) in [5.74, 6) is 0.340. The van der Waals surface area contributed by atoms with Crippen LogP contribution < -0.4 is 10.2 Å². The summed E-state index contributed by atoms with van der Waals surface area (Å²) in [6, 6.07) is 12.7. The molecule has 1 amide bonds. The third-order valence-corrected chi connectivity index (χ3v) is 3.51. The van der Waals surface area contributed by atoms with Gasteiger partial charge >= 0.3 is 0 Å². The lowest BCUT2D eigenvalue weighted by Crippen LogP contribution is -2.24. The zero-order chi connectivity index (χ0) is 15.9. The molecule has 0 aliphatic rings. The Kier molecular flexibility index (Phi) is 5.98. The van der Waals surface area contributed by atoms with Gasteiger partial charge in [-0.1, -0.05) is 39.7 Å². The molecule has 114 valence electrons. The third kappa shape index (κ3) is 5.16. The van der Waals surface area contributed by atoms with E-state index in [0.717, 1.165) is 15.6 Å². The second kappa shape index (κ2) is 7.96. The molecule has 2 aromatic carbocycles. The fraction of sp³-hybridized carbons (Fsp3) is 0.125. The van der Waals surface area contributed by atoms with Crippen LogP contribution in [-0.4, -0.2) is 18.7 Å². The van der Waals surface area contributed by atoms with Crippen molar-refractivity contribution in [2.24, 2.45) is 5.10 Å². The number of benzene rings is 2. The van der Waals surface area contributed by atoms with Crippen molar-refractivity contribution in [1.29, 1.82) is 0 Å². The molecule has 0 unspecified atom stereocenters. The quantitative estimate of drug-likeness (QED) is 0.630. The van der Waals surface area contributed by atoms with Crippen LogP contribution in [0.2, 0.25) is 5.02 Å². The Balaban J connectivity index is 1.81. The predicted molar refractivity (Wildman–Crippen MR) is 91.6 cm³/mol. The summed E-state index contributed by atoms with van der Waals surface area (Å²) >= 11 is 9.16. The first-order valence-corrected chi connectivity index (χ1v) is 7.68. The van der Waals surface area contributed by atoms with E-state index in [1.165, 1.54) is 0 Å². The van der Waals surface area contributed by atoms with Crippen molar-refractivity contribution in [2.45, 2.75) is 6.92 Å².